The lowest BCUT2D eigenvalue weighted by Crippen LogP contribution is -2.11. The van der Waals surface area contributed by atoms with Crippen molar-refractivity contribution in [2.75, 3.05) is 19.8 Å². The van der Waals surface area contributed by atoms with Gasteiger partial charge < -0.3 is 9.47 Å². The summed E-state index contributed by atoms with van der Waals surface area (Å²) >= 11 is 0. The summed E-state index contributed by atoms with van der Waals surface area (Å²) in [5.41, 5.74) is 0. The van der Waals surface area contributed by atoms with Crippen LogP contribution in [0.5, 0.6) is 0 Å². The standard InChI is InChI=1S/C9H13NO4/c1-3-8(9(12)13-4-2)14-6-5-10-7-11/h3H,4-6H2,1-2H3. The van der Waals surface area contributed by atoms with Gasteiger partial charge in [0.2, 0.25) is 6.08 Å². The maximum atomic E-state index is 11.1. The highest BCUT2D eigenvalue weighted by Gasteiger charge is 2.09. The molecule has 0 fully saturated rings. The molecule has 0 bridgehead atoms. The molecule has 0 spiro atoms. The predicted octanol–water partition coefficient (Wildman–Crippen LogP) is 0.806. The lowest BCUT2D eigenvalue weighted by Gasteiger charge is -2.06. The topological polar surface area (TPSA) is 65.0 Å². The molecule has 0 aromatic carbocycles. The van der Waals surface area contributed by atoms with Gasteiger partial charge in [0.1, 0.15) is 6.61 Å². The first-order valence-electron chi connectivity index (χ1n) is 4.26. The van der Waals surface area contributed by atoms with Crippen molar-refractivity contribution in [2.24, 2.45) is 4.99 Å². The van der Waals surface area contributed by atoms with Gasteiger partial charge in [0.25, 0.3) is 0 Å². The molecular weight excluding hydrogens is 186 g/mol. The van der Waals surface area contributed by atoms with Crippen molar-refractivity contribution in [3.05, 3.63) is 11.8 Å². The Morgan fingerprint density at radius 2 is 2.21 bits per heavy atom. The van der Waals surface area contributed by atoms with E-state index in [4.69, 9.17) is 9.47 Å². The third kappa shape index (κ3) is 5.11. The third-order valence-electron chi connectivity index (χ3n) is 1.26. The zero-order valence-corrected chi connectivity index (χ0v) is 8.28. The number of hydrogen-bond donors (Lipinski definition) is 0. The number of esters is 1. The van der Waals surface area contributed by atoms with Gasteiger partial charge in [-0.15, -0.1) is 0 Å². The predicted molar refractivity (Wildman–Crippen MR) is 49.3 cm³/mol. The van der Waals surface area contributed by atoms with Crippen molar-refractivity contribution >= 4 is 12.0 Å². The molecule has 14 heavy (non-hydrogen) atoms. The average molecular weight is 199 g/mol. The Kier molecular flexibility index (Phi) is 7.09. The van der Waals surface area contributed by atoms with E-state index in [2.05, 4.69) is 4.99 Å². The van der Waals surface area contributed by atoms with E-state index in [-0.39, 0.29) is 18.9 Å². The monoisotopic (exact) mass is 199 g/mol. The van der Waals surface area contributed by atoms with Gasteiger partial charge in [-0.2, -0.15) is 0 Å². The summed E-state index contributed by atoms with van der Waals surface area (Å²) in [6, 6.07) is 0. The van der Waals surface area contributed by atoms with Crippen molar-refractivity contribution in [3.63, 3.8) is 0 Å². The molecule has 0 aliphatic heterocycles. The number of carbonyl (C=O) groups excluding carboxylic acids is 2. The van der Waals surface area contributed by atoms with Crippen LogP contribution in [0.4, 0.5) is 0 Å². The van der Waals surface area contributed by atoms with Crippen LogP contribution in [-0.4, -0.2) is 31.8 Å². The van der Waals surface area contributed by atoms with E-state index in [1.165, 1.54) is 12.2 Å². The Labute approximate surface area is 82.4 Å². The summed E-state index contributed by atoms with van der Waals surface area (Å²) in [7, 11) is 0. The quantitative estimate of drug-likeness (QED) is 0.158. The first-order valence-corrected chi connectivity index (χ1v) is 4.26. The molecule has 5 nitrogen and oxygen atoms in total. The summed E-state index contributed by atoms with van der Waals surface area (Å²) in [4.78, 5) is 24.1. The number of aliphatic imine (C=N–C) groups is 1. The Hall–Kier alpha value is -1.61. The minimum absolute atomic E-state index is 0.132. The SMILES string of the molecule is CC=C(OCCN=C=O)C(=O)OCC. The molecule has 5 heteroatoms. The Morgan fingerprint density at radius 3 is 2.71 bits per heavy atom. The first-order chi connectivity index (χ1) is 6.76. The second-order valence-corrected chi connectivity index (χ2v) is 2.19. The van der Waals surface area contributed by atoms with Gasteiger partial charge in [-0.1, -0.05) is 0 Å². The Bertz CT molecular complexity index is 254. The van der Waals surface area contributed by atoms with Crippen molar-refractivity contribution in [1.82, 2.24) is 0 Å². The lowest BCUT2D eigenvalue weighted by atomic mass is 10.4. The van der Waals surface area contributed by atoms with Crippen LogP contribution in [0.1, 0.15) is 13.8 Å². The molecule has 0 unspecified atom stereocenters. The van der Waals surface area contributed by atoms with E-state index < -0.39 is 5.97 Å². The van der Waals surface area contributed by atoms with Crippen LogP contribution in [0.3, 0.4) is 0 Å². The van der Waals surface area contributed by atoms with Crippen LogP contribution >= 0.6 is 0 Å². The highest BCUT2D eigenvalue weighted by Crippen LogP contribution is 2.00. The molecule has 0 aliphatic rings. The van der Waals surface area contributed by atoms with Gasteiger partial charge in [-0.05, 0) is 19.9 Å². The van der Waals surface area contributed by atoms with Crippen LogP contribution in [0.2, 0.25) is 0 Å². The second kappa shape index (κ2) is 8.01. The van der Waals surface area contributed by atoms with Crippen molar-refractivity contribution in [2.45, 2.75) is 13.8 Å². The summed E-state index contributed by atoms with van der Waals surface area (Å²) < 4.78 is 9.73. The molecule has 0 radical (unpaired) electrons. The smallest absolute Gasteiger partial charge is 0.373 e. The normalized spacial score (nSPS) is 10.3. The molecule has 0 rings (SSSR count). The van der Waals surface area contributed by atoms with Gasteiger partial charge in [0.05, 0.1) is 13.2 Å². The van der Waals surface area contributed by atoms with Crippen LogP contribution < -0.4 is 0 Å². The van der Waals surface area contributed by atoms with E-state index in [0.717, 1.165) is 0 Å². The molecular formula is C9H13NO4. The van der Waals surface area contributed by atoms with Crippen molar-refractivity contribution in [1.29, 1.82) is 0 Å². The first kappa shape index (κ1) is 12.4. The van der Waals surface area contributed by atoms with Gasteiger partial charge in [-0.25, -0.2) is 14.6 Å². The number of ether oxygens (including phenoxy) is 2. The number of isocyanates is 1. The van der Waals surface area contributed by atoms with E-state index in [1.54, 1.807) is 13.8 Å². The van der Waals surface area contributed by atoms with E-state index >= 15 is 0 Å². The number of allylic oxidation sites excluding steroid dienone is 1. The highest BCUT2D eigenvalue weighted by atomic mass is 16.6. The average Bonchev–Trinajstić information content (AvgIpc) is 2.18. The lowest BCUT2D eigenvalue weighted by molar-refractivity contribution is -0.142. The minimum Gasteiger partial charge on any atom is -0.485 e. The van der Waals surface area contributed by atoms with Crippen molar-refractivity contribution < 1.29 is 19.1 Å². The Balaban J connectivity index is 3.92. The van der Waals surface area contributed by atoms with Crippen molar-refractivity contribution in [3.8, 4) is 0 Å². The fraction of sp³-hybridized carbons (Fsp3) is 0.556. The van der Waals surface area contributed by atoms with Gasteiger partial charge >= 0.3 is 5.97 Å². The second-order valence-electron chi connectivity index (χ2n) is 2.19. The minimum atomic E-state index is -0.509. The number of rotatable bonds is 6. The molecule has 78 valence electrons. The molecule has 0 atom stereocenters. The summed E-state index contributed by atoms with van der Waals surface area (Å²) in [5.74, 6) is -0.377. The molecule has 0 aromatic heterocycles. The number of hydrogen-bond acceptors (Lipinski definition) is 5. The molecule has 0 aromatic rings. The molecule has 0 N–H and O–H groups in total. The summed E-state index contributed by atoms with van der Waals surface area (Å²) in [5, 5.41) is 0. The van der Waals surface area contributed by atoms with Gasteiger partial charge in [0.15, 0.2) is 5.76 Å². The fourth-order valence-corrected chi connectivity index (χ4v) is 0.709. The maximum absolute atomic E-state index is 11.1. The molecule has 0 heterocycles. The molecule has 0 aliphatic carbocycles. The van der Waals surface area contributed by atoms with Gasteiger partial charge in [0, 0.05) is 0 Å². The van der Waals surface area contributed by atoms with E-state index in [1.807, 2.05) is 0 Å². The molecule has 0 saturated carbocycles. The van der Waals surface area contributed by atoms with E-state index in [0.29, 0.717) is 6.61 Å². The maximum Gasteiger partial charge on any atom is 0.373 e. The van der Waals surface area contributed by atoms with Gasteiger partial charge in [-0.3, -0.25) is 0 Å². The van der Waals surface area contributed by atoms with Crippen LogP contribution in [-0.2, 0) is 19.1 Å². The Morgan fingerprint density at radius 1 is 1.50 bits per heavy atom. The zero-order valence-electron chi connectivity index (χ0n) is 8.28. The zero-order chi connectivity index (χ0) is 10.8. The van der Waals surface area contributed by atoms with Crippen LogP contribution in [0.15, 0.2) is 16.8 Å². The summed E-state index contributed by atoms with van der Waals surface area (Å²) in [6.07, 6.45) is 2.88. The van der Waals surface area contributed by atoms with E-state index in [9.17, 15) is 9.59 Å². The molecule has 0 saturated heterocycles. The fourth-order valence-electron chi connectivity index (χ4n) is 0.709. The largest absolute Gasteiger partial charge is 0.485 e. The number of carbonyl (C=O) groups is 1. The molecule has 0 amide bonds. The summed E-state index contributed by atoms with van der Waals surface area (Å²) in [6.45, 7) is 4.01. The third-order valence-corrected chi connectivity index (χ3v) is 1.26. The highest BCUT2D eigenvalue weighted by molar-refractivity contribution is 5.86. The van der Waals surface area contributed by atoms with Crippen LogP contribution in [0.25, 0.3) is 0 Å². The number of nitrogens with zero attached hydrogens (tertiary/aromatic N) is 1. The van der Waals surface area contributed by atoms with Crippen LogP contribution in [0, 0.1) is 0 Å².